The predicted molar refractivity (Wildman–Crippen MR) is 138 cm³/mol. The Balaban J connectivity index is 1.76. The van der Waals surface area contributed by atoms with Crippen LogP contribution < -0.4 is 10.2 Å². The lowest BCUT2D eigenvalue weighted by atomic mass is 9.99. The Hall–Kier alpha value is -3.65. The lowest BCUT2D eigenvalue weighted by molar-refractivity contribution is -0.113. The quantitative estimate of drug-likeness (QED) is 0.462. The van der Waals surface area contributed by atoms with Crippen molar-refractivity contribution in [3.8, 4) is 17.2 Å². The Morgan fingerprint density at radius 1 is 1.00 bits per heavy atom. The number of hydrogen-bond acceptors (Lipinski definition) is 6. The van der Waals surface area contributed by atoms with Gasteiger partial charge in [0.15, 0.2) is 0 Å². The molecule has 34 heavy (non-hydrogen) atoms. The molecule has 8 heteroatoms. The number of nitrogens with zero attached hydrogens (tertiary/aromatic N) is 5. The average molecular weight is 471 g/mol. The van der Waals surface area contributed by atoms with Crippen molar-refractivity contribution in [2.75, 3.05) is 30.1 Å². The van der Waals surface area contributed by atoms with Crippen molar-refractivity contribution < 1.29 is 4.79 Å². The smallest absolute Gasteiger partial charge is 0.252 e. The lowest BCUT2D eigenvalue weighted by Crippen LogP contribution is -2.17. The van der Waals surface area contributed by atoms with Gasteiger partial charge in [0.05, 0.1) is 16.7 Å². The SMILES string of the molecule is Cc1cc(C)nc(-n2nc(-c3ccccc3)c3c2NC(=O)CS[C@H]3c2ccc(N(C)C)cc2)n1. The van der Waals surface area contributed by atoms with E-state index in [2.05, 4.69) is 44.5 Å². The van der Waals surface area contributed by atoms with Crippen LogP contribution in [0.2, 0.25) is 0 Å². The zero-order chi connectivity index (χ0) is 23.8. The Morgan fingerprint density at radius 2 is 1.68 bits per heavy atom. The van der Waals surface area contributed by atoms with E-state index in [1.165, 1.54) is 0 Å². The number of nitrogens with one attached hydrogen (secondary N) is 1. The maximum Gasteiger partial charge on any atom is 0.252 e. The van der Waals surface area contributed by atoms with Crippen LogP contribution in [0.3, 0.4) is 0 Å². The van der Waals surface area contributed by atoms with Crippen molar-refractivity contribution in [2.24, 2.45) is 0 Å². The fourth-order valence-corrected chi connectivity index (χ4v) is 5.31. The monoisotopic (exact) mass is 470 g/mol. The standard InChI is InChI=1S/C26H26N6OS/c1-16-14-17(2)28-26(27-16)32-25-22(23(30-32)18-8-6-5-7-9-18)24(34-15-21(33)29-25)19-10-12-20(13-11-19)31(3)4/h5-14,24H,15H2,1-4H3,(H,29,33)/t24-/m0/s1. The van der Waals surface area contributed by atoms with Gasteiger partial charge in [-0.25, -0.2) is 9.97 Å². The number of amides is 1. The second-order valence-corrected chi connectivity index (χ2v) is 9.66. The highest BCUT2D eigenvalue weighted by Crippen LogP contribution is 2.46. The van der Waals surface area contributed by atoms with Crippen LogP contribution in [0.4, 0.5) is 11.5 Å². The molecule has 0 fully saturated rings. The van der Waals surface area contributed by atoms with E-state index in [9.17, 15) is 4.79 Å². The molecule has 5 rings (SSSR count). The molecule has 1 N–H and O–H groups in total. The first-order chi connectivity index (χ1) is 16.4. The van der Waals surface area contributed by atoms with E-state index in [4.69, 9.17) is 5.10 Å². The van der Waals surface area contributed by atoms with Crippen molar-refractivity contribution in [1.82, 2.24) is 19.7 Å². The number of anilines is 2. The van der Waals surface area contributed by atoms with Crippen LogP contribution in [0.1, 0.15) is 27.8 Å². The van der Waals surface area contributed by atoms with E-state index in [0.717, 1.165) is 39.5 Å². The van der Waals surface area contributed by atoms with Crippen LogP contribution in [0.15, 0.2) is 60.7 Å². The Morgan fingerprint density at radius 3 is 2.32 bits per heavy atom. The molecular weight excluding hydrogens is 444 g/mol. The van der Waals surface area contributed by atoms with Gasteiger partial charge in [0.2, 0.25) is 5.91 Å². The van der Waals surface area contributed by atoms with E-state index in [1.807, 2.05) is 64.3 Å². The summed E-state index contributed by atoms with van der Waals surface area (Å²) in [6, 6.07) is 20.5. The number of hydrogen-bond donors (Lipinski definition) is 1. The summed E-state index contributed by atoms with van der Waals surface area (Å²) in [5.74, 6) is 1.35. The Kier molecular flexibility index (Phi) is 5.83. The van der Waals surface area contributed by atoms with Crippen LogP contribution in [-0.4, -0.2) is 45.5 Å². The number of aryl methyl sites for hydroxylation is 2. The van der Waals surface area contributed by atoms with Gasteiger partial charge < -0.3 is 10.2 Å². The fraction of sp³-hybridized carbons (Fsp3) is 0.231. The van der Waals surface area contributed by atoms with Gasteiger partial charge >= 0.3 is 0 Å². The van der Waals surface area contributed by atoms with Gasteiger partial charge in [0, 0.05) is 42.3 Å². The number of thioether (sulfide) groups is 1. The van der Waals surface area contributed by atoms with Crippen molar-refractivity contribution in [3.05, 3.63) is 83.2 Å². The minimum absolute atomic E-state index is 0.0659. The van der Waals surface area contributed by atoms with Crippen LogP contribution >= 0.6 is 11.8 Å². The second-order valence-electron chi connectivity index (χ2n) is 8.56. The summed E-state index contributed by atoms with van der Waals surface area (Å²) in [5, 5.41) is 7.98. The highest BCUT2D eigenvalue weighted by atomic mass is 32.2. The molecule has 1 atom stereocenters. The maximum atomic E-state index is 12.8. The first kappa shape index (κ1) is 22.2. The highest BCUT2D eigenvalue weighted by molar-refractivity contribution is 8.00. The molecule has 0 saturated carbocycles. The molecule has 0 unspecified atom stereocenters. The molecule has 0 aliphatic carbocycles. The summed E-state index contributed by atoms with van der Waals surface area (Å²) < 4.78 is 1.68. The average Bonchev–Trinajstić information content (AvgIpc) is 3.09. The summed E-state index contributed by atoms with van der Waals surface area (Å²) in [5.41, 5.74) is 6.69. The van der Waals surface area contributed by atoms with Gasteiger partial charge in [0.1, 0.15) is 5.82 Å². The summed E-state index contributed by atoms with van der Waals surface area (Å²) in [4.78, 5) is 24.1. The molecule has 4 aromatic rings. The van der Waals surface area contributed by atoms with E-state index in [0.29, 0.717) is 17.5 Å². The molecule has 7 nitrogen and oxygen atoms in total. The molecule has 1 aliphatic heterocycles. The first-order valence-electron chi connectivity index (χ1n) is 11.1. The lowest BCUT2D eigenvalue weighted by Gasteiger charge is -2.18. The third kappa shape index (κ3) is 4.17. The zero-order valence-corrected chi connectivity index (χ0v) is 20.4. The van der Waals surface area contributed by atoms with Crippen molar-refractivity contribution in [1.29, 1.82) is 0 Å². The summed E-state index contributed by atoms with van der Waals surface area (Å²) in [6.45, 7) is 3.87. The van der Waals surface area contributed by atoms with Crippen LogP contribution in [-0.2, 0) is 4.79 Å². The number of aromatic nitrogens is 4. The first-order valence-corrected chi connectivity index (χ1v) is 12.2. The molecule has 2 aromatic heterocycles. The number of carbonyl (C=O) groups excluding carboxylic acids is 1. The van der Waals surface area contributed by atoms with Gasteiger partial charge in [-0.15, -0.1) is 11.8 Å². The molecular formula is C26H26N6OS. The Labute approximate surface area is 203 Å². The van der Waals surface area contributed by atoms with Gasteiger partial charge in [-0.2, -0.15) is 9.78 Å². The maximum absolute atomic E-state index is 12.8. The van der Waals surface area contributed by atoms with Gasteiger partial charge in [-0.05, 0) is 37.6 Å². The largest absolute Gasteiger partial charge is 0.378 e. The molecule has 2 aromatic carbocycles. The van der Waals surface area contributed by atoms with Crippen LogP contribution in [0.25, 0.3) is 17.2 Å². The minimum Gasteiger partial charge on any atom is -0.378 e. The highest BCUT2D eigenvalue weighted by Gasteiger charge is 2.33. The van der Waals surface area contributed by atoms with Crippen LogP contribution in [0, 0.1) is 13.8 Å². The molecule has 1 amide bonds. The van der Waals surface area contributed by atoms with E-state index in [-0.39, 0.29) is 11.2 Å². The topological polar surface area (TPSA) is 75.9 Å². The number of carbonyl (C=O) groups is 1. The predicted octanol–water partition coefficient (Wildman–Crippen LogP) is 4.79. The molecule has 0 saturated heterocycles. The summed E-state index contributed by atoms with van der Waals surface area (Å²) in [7, 11) is 4.05. The Bertz CT molecular complexity index is 1330. The molecule has 0 spiro atoms. The van der Waals surface area contributed by atoms with Crippen molar-refractivity contribution in [3.63, 3.8) is 0 Å². The third-order valence-electron chi connectivity index (χ3n) is 5.74. The molecule has 172 valence electrons. The normalized spacial score (nSPS) is 15.4. The third-order valence-corrected chi connectivity index (χ3v) is 7.01. The molecule has 1 aliphatic rings. The minimum atomic E-state index is -0.0833. The molecule has 3 heterocycles. The molecule has 0 radical (unpaired) electrons. The molecule has 0 bridgehead atoms. The number of fused-ring (bicyclic) bond motifs is 1. The van der Waals surface area contributed by atoms with Gasteiger partial charge in [-0.3, -0.25) is 4.79 Å². The van der Waals surface area contributed by atoms with E-state index < -0.39 is 0 Å². The summed E-state index contributed by atoms with van der Waals surface area (Å²) in [6.07, 6.45) is 0. The van der Waals surface area contributed by atoms with Gasteiger partial charge in [0.25, 0.3) is 5.95 Å². The van der Waals surface area contributed by atoms with E-state index >= 15 is 0 Å². The van der Waals surface area contributed by atoms with Crippen LogP contribution in [0.5, 0.6) is 0 Å². The van der Waals surface area contributed by atoms with Gasteiger partial charge in [-0.1, -0.05) is 42.5 Å². The van der Waals surface area contributed by atoms with Crippen molar-refractivity contribution in [2.45, 2.75) is 19.1 Å². The van der Waals surface area contributed by atoms with E-state index in [1.54, 1.807) is 16.4 Å². The van der Waals surface area contributed by atoms with Crippen molar-refractivity contribution >= 4 is 29.2 Å². The number of rotatable bonds is 4. The summed E-state index contributed by atoms with van der Waals surface area (Å²) >= 11 is 1.61. The second kappa shape index (κ2) is 8.95. The number of benzene rings is 2. The zero-order valence-electron chi connectivity index (χ0n) is 19.6. The fourth-order valence-electron chi connectivity index (χ4n) is 4.18.